The fourth-order valence-corrected chi connectivity index (χ4v) is 6.73. The first-order valence-corrected chi connectivity index (χ1v) is 16.4. The van der Waals surface area contributed by atoms with Crippen LogP contribution in [0.1, 0.15) is 11.4 Å². The lowest BCUT2D eigenvalue weighted by molar-refractivity contribution is 0.576. The maximum atomic E-state index is 6.72. The monoisotopic (exact) mass is 643 g/mol. The summed E-state index contributed by atoms with van der Waals surface area (Å²) in [6, 6.07) is 47.3. The smallest absolute Gasteiger partial charge is 0.165 e. The number of fused-ring (bicyclic) bond motifs is 4. The van der Waals surface area contributed by atoms with Crippen molar-refractivity contribution < 1.29 is 4.42 Å². The van der Waals surface area contributed by atoms with Gasteiger partial charge in [-0.3, -0.25) is 4.98 Å². The molecule has 6 heteroatoms. The summed E-state index contributed by atoms with van der Waals surface area (Å²) in [6.07, 6.45) is 7.27. The second-order valence-corrected chi connectivity index (χ2v) is 12.0. The summed E-state index contributed by atoms with van der Waals surface area (Å²) < 4.78 is 9.03. The number of aromatic nitrogens is 5. The minimum atomic E-state index is 0.510. The second kappa shape index (κ2) is 12.3. The highest BCUT2D eigenvalue weighted by Crippen LogP contribution is 2.34. The topological polar surface area (TPSA) is 69.6 Å². The highest BCUT2D eigenvalue weighted by molar-refractivity contribution is 6.13. The van der Waals surface area contributed by atoms with E-state index in [9.17, 15) is 0 Å². The van der Waals surface area contributed by atoms with E-state index in [0.29, 0.717) is 22.9 Å². The van der Waals surface area contributed by atoms with Crippen molar-refractivity contribution in [3.63, 3.8) is 0 Å². The van der Waals surface area contributed by atoms with Gasteiger partial charge in [0, 0.05) is 61.7 Å². The summed E-state index contributed by atoms with van der Waals surface area (Å²) in [4.78, 5) is 19.8. The van der Waals surface area contributed by atoms with Crippen molar-refractivity contribution in [3.8, 4) is 28.5 Å². The minimum Gasteiger partial charge on any atom is -0.456 e. The first-order valence-electron chi connectivity index (χ1n) is 16.4. The van der Waals surface area contributed by atoms with Crippen molar-refractivity contribution in [2.24, 2.45) is 0 Å². The number of nitrogens with zero attached hydrogens (tertiary/aromatic N) is 5. The molecule has 0 bridgehead atoms. The van der Waals surface area contributed by atoms with Crippen LogP contribution in [0.3, 0.4) is 0 Å². The molecule has 0 aliphatic heterocycles. The zero-order valence-corrected chi connectivity index (χ0v) is 26.9. The molecule has 0 radical (unpaired) electrons. The number of furan rings is 1. The second-order valence-electron chi connectivity index (χ2n) is 12.0. The Bertz CT molecular complexity index is 2750. The van der Waals surface area contributed by atoms with E-state index in [1.165, 1.54) is 0 Å². The van der Waals surface area contributed by atoms with Crippen LogP contribution in [-0.2, 0) is 0 Å². The van der Waals surface area contributed by atoms with Crippen LogP contribution in [0.5, 0.6) is 0 Å². The normalized spacial score (nSPS) is 12.5. The van der Waals surface area contributed by atoms with Crippen molar-refractivity contribution in [1.29, 1.82) is 0 Å². The standard InChI is InChI=1S/C44H29N5O/c1-2-15-38-41(35-26-37-34(27-39(35)50-38)33-23-12-13-24-36(33)49(37)32-21-10-5-11-22-32)40(31-20-14-25-45-28-31)44-47-42(29-16-6-3-7-17-29)46-43(48-44)30-18-8-4-9-19-30/h2-28H,1H2/b38-15+,41-40+. The molecular formula is C44H29N5O. The van der Waals surface area contributed by atoms with Crippen molar-refractivity contribution in [3.05, 3.63) is 187 Å². The Kier molecular flexibility index (Phi) is 7.17. The van der Waals surface area contributed by atoms with Crippen molar-refractivity contribution in [1.82, 2.24) is 24.5 Å². The Hall–Kier alpha value is -6.92. The summed E-state index contributed by atoms with van der Waals surface area (Å²) in [6.45, 7) is 4.04. The molecule has 0 atom stereocenters. The molecule has 0 saturated carbocycles. The predicted molar refractivity (Wildman–Crippen MR) is 201 cm³/mol. The lowest BCUT2D eigenvalue weighted by atomic mass is 10.0. The largest absolute Gasteiger partial charge is 0.456 e. The lowest BCUT2D eigenvalue weighted by Crippen LogP contribution is -2.25. The van der Waals surface area contributed by atoms with Gasteiger partial charge in [0.25, 0.3) is 0 Å². The average Bonchev–Trinajstić information content (AvgIpc) is 3.69. The van der Waals surface area contributed by atoms with Crippen LogP contribution in [0.25, 0.3) is 72.9 Å². The third-order valence-corrected chi connectivity index (χ3v) is 8.92. The SMILES string of the molecule is C=C/C=c1/oc2cc3c4ccccc4n(-c4ccccc4)c3cc2/c1=C(/c1cccnc1)c1nc(-c2ccccc2)nc(-c2ccccc2)n1. The molecule has 9 aromatic rings. The van der Waals surface area contributed by atoms with E-state index in [-0.39, 0.29) is 0 Å². The molecule has 4 aromatic heterocycles. The van der Waals surface area contributed by atoms with Crippen LogP contribution >= 0.6 is 0 Å². The first kappa shape index (κ1) is 29.2. The van der Waals surface area contributed by atoms with Gasteiger partial charge in [-0.05, 0) is 42.5 Å². The number of benzene rings is 5. The van der Waals surface area contributed by atoms with Crippen LogP contribution in [-0.4, -0.2) is 24.5 Å². The molecule has 50 heavy (non-hydrogen) atoms. The Morgan fingerprint density at radius 2 is 1.28 bits per heavy atom. The molecule has 5 aromatic carbocycles. The van der Waals surface area contributed by atoms with E-state index >= 15 is 0 Å². The molecule has 0 amide bonds. The maximum absolute atomic E-state index is 6.72. The van der Waals surface area contributed by atoms with Crippen molar-refractivity contribution in [2.75, 3.05) is 0 Å². The van der Waals surface area contributed by atoms with Gasteiger partial charge in [0.1, 0.15) is 11.0 Å². The number of rotatable bonds is 6. The molecule has 0 spiro atoms. The van der Waals surface area contributed by atoms with Gasteiger partial charge in [0.2, 0.25) is 0 Å². The molecular weight excluding hydrogens is 615 g/mol. The van der Waals surface area contributed by atoms with Crippen LogP contribution in [0.2, 0.25) is 0 Å². The van der Waals surface area contributed by atoms with Gasteiger partial charge in [0.15, 0.2) is 17.5 Å². The summed E-state index contributed by atoms with van der Waals surface area (Å²) in [5, 5.41) is 4.02. The maximum Gasteiger partial charge on any atom is 0.165 e. The molecule has 0 saturated heterocycles. The number of hydrogen-bond acceptors (Lipinski definition) is 5. The third-order valence-electron chi connectivity index (χ3n) is 8.92. The molecule has 9 rings (SSSR count). The van der Waals surface area contributed by atoms with Crippen molar-refractivity contribution >= 4 is 44.4 Å². The summed E-state index contributed by atoms with van der Waals surface area (Å²) >= 11 is 0. The number of hydrogen-bond donors (Lipinski definition) is 0. The van der Waals surface area contributed by atoms with Gasteiger partial charge in [-0.15, -0.1) is 0 Å². The van der Waals surface area contributed by atoms with E-state index in [0.717, 1.165) is 65.9 Å². The van der Waals surface area contributed by atoms with E-state index in [2.05, 4.69) is 76.8 Å². The van der Waals surface area contributed by atoms with E-state index in [1.54, 1.807) is 12.3 Å². The van der Waals surface area contributed by atoms with Crippen LogP contribution in [0.4, 0.5) is 0 Å². The molecule has 6 nitrogen and oxygen atoms in total. The first-order chi connectivity index (χ1) is 24.8. The van der Waals surface area contributed by atoms with Crippen LogP contribution in [0, 0.1) is 0 Å². The fraction of sp³-hybridized carbons (Fsp3) is 0. The Labute approximate surface area is 287 Å². The number of pyridine rings is 1. The molecule has 236 valence electrons. The fourth-order valence-electron chi connectivity index (χ4n) is 6.73. The van der Waals surface area contributed by atoms with Gasteiger partial charge in [0.05, 0.1) is 11.0 Å². The average molecular weight is 644 g/mol. The van der Waals surface area contributed by atoms with Crippen LogP contribution in [0.15, 0.2) is 169 Å². The molecule has 4 heterocycles. The summed E-state index contributed by atoms with van der Waals surface area (Å²) in [5.74, 6) is 1.66. The van der Waals surface area contributed by atoms with Gasteiger partial charge in [-0.25, -0.2) is 15.0 Å². The highest BCUT2D eigenvalue weighted by Gasteiger charge is 2.21. The number of para-hydroxylation sites is 2. The zero-order chi connectivity index (χ0) is 33.4. The Morgan fingerprint density at radius 3 is 1.94 bits per heavy atom. The van der Waals surface area contributed by atoms with Crippen molar-refractivity contribution in [2.45, 2.75) is 0 Å². The molecule has 0 unspecified atom stereocenters. The quantitative estimate of drug-likeness (QED) is 0.181. The van der Waals surface area contributed by atoms with Gasteiger partial charge >= 0.3 is 0 Å². The molecule has 0 aliphatic carbocycles. The molecule has 0 aliphatic rings. The van der Waals surface area contributed by atoms with Gasteiger partial charge in [-0.1, -0.05) is 116 Å². The third kappa shape index (κ3) is 4.98. The Balaban J connectivity index is 1.46. The summed E-state index contributed by atoms with van der Waals surface area (Å²) in [7, 11) is 0. The van der Waals surface area contributed by atoms with Gasteiger partial charge in [-0.2, -0.15) is 0 Å². The lowest BCUT2D eigenvalue weighted by Gasteiger charge is -2.11. The van der Waals surface area contributed by atoms with E-state index in [1.807, 2.05) is 91.1 Å². The summed E-state index contributed by atoms with van der Waals surface area (Å²) in [5.41, 5.74) is 8.08. The predicted octanol–water partition coefficient (Wildman–Crippen LogP) is 8.66. The van der Waals surface area contributed by atoms with E-state index < -0.39 is 0 Å². The van der Waals surface area contributed by atoms with Gasteiger partial charge < -0.3 is 8.98 Å². The Morgan fingerprint density at radius 1 is 0.620 bits per heavy atom. The van der Waals surface area contributed by atoms with E-state index in [4.69, 9.17) is 19.4 Å². The zero-order valence-electron chi connectivity index (χ0n) is 26.9. The molecule has 0 fully saturated rings. The molecule has 0 N–H and O–H groups in total. The minimum absolute atomic E-state index is 0.510. The number of allylic oxidation sites excluding steroid dienone is 1. The van der Waals surface area contributed by atoms with Crippen LogP contribution < -0.4 is 10.6 Å². The highest BCUT2D eigenvalue weighted by atomic mass is 16.3.